The van der Waals surface area contributed by atoms with Crippen LogP contribution in [0.1, 0.15) is 70.1 Å². The molecule has 0 radical (unpaired) electrons. The Morgan fingerprint density at radius 3 is 1.95 bits per heavy atom. The Labute approximate surface area is 327 Å². The number of hydrogen-bond donors (Lipinski definition) is 3. The van der Waals surface area contributed by atoms with Crippen molar-refractivity contribution in [2.45, 2.75) is 78.4 Å². The van der Waals surface area contributed by atoms with E-state index in [2.05, 4.69) is 58.0 Å². The molecule has 1 aliphatic carbocycles. The summed E-state index contributed by atoms with van der Waals surface area (Å²) in [5.41, 5.74) is 5.63. The Balaban J connectivity index is 1.42. The molecular formula is C47H55NO6Si. The number of nitrogens with zero attached hydrogens (tertiary/aromatic N) is 1. The van der Waals surface area contributed by atoms with Crippen molar-refractivity contribution in [2.75, 3.05) is 18.1 Å². The van der Waals surface area contributed by atoms with E-state index in [0.717, 1.165) is 44.6 Å². The summed E-state index contributed by atoms with van der Waals surface area (Å²) < 4.78 is 7.41. The number of allylic oxidation sites excluding steroid dienone is 1. The Kier molecular flexibility index (Phi) is 12.1. The molecular weight excluding hydrogens is 703 g/mol. The molecule has 0 aromatic heterocycles. The first-order chi connectivity index (χ1) is 26.3. The molecule has 2 aliphatic rings. The van der Waals surface area contributed by atoms with Gasteiger partial charge in [0.15, 0.2) is 0 Å². The van der Waals surface area contributed by atoms with Crippen LogP contribution in [0, 0.1) is 31.6 Å². The van der Waals surface area contributed by atoms with Crippen LogP contribution >= 0.6 is 0 Å². The third kappa shape index (κ3) is 7.78. The molecule has 7 nitrogen and oxygen atoms in total. The number of phenols is 1. The van der Waals surface area contributed by atoms with Crippen LogP contribution in [-0.2, 0) is 14.0 Å². The highest BCUT2D eigenvalue weighted by molar-refractivity contribution is 6.99. The number of phenolic OH excluding ortho intramolecular Hbond substituents is 1. The third-order valence-electron chi connectivity index (χ3n) is 11.7. The maximum atomic E-state index is 14.2. The van der Waals surface area contributed by atoms with Crippen molar-refractivity contribution in [3.05, 3.63) is 137 Å². The van der Waals surface area contributed by atoms with E-state index in [1.807, 2.05) is 68.4 Å². The number of carbonyl (C=O) groups is 2. The molecule has 1 aliphatic heterocycles. The minimum absolute atomic E-state index is 0.148. The minimum Gasteiger partial charge on any atom is -0.507 e. The zero-order valence-corrected chi connectivity index (χ0v) is 34.0. The highest BCUT2D eigenvalue weighted by atomic mass is 28.4. The van der Waals surface area contributed by atoms with Gasteiger partial charge in [0.2, 0.25) is 11.8 Å². The van der Waals surface area contributed by atoms with Gasteiger partial charge < -0.3 is 19.7 Å². The molecule has 4 atom stereocenters. The van der Waals surface area contributed by atoms with Crippen LogP contribution in [0.3, 0.4) is 0 Å². The van der Waals surface area contributed by atoms with Crippen molar-refractivity contribution in [3.63, 3.8) is 0 Å². The number of carbonyl (C=O) groups excluding carboxylic acids is 2. The average molecular weight is 758 g/mol. The second kappa shape index (κ2) is 16.6. The van der Waals surface area contributed by atoms with E-state index >= 15 is 0 Å². The summed E-state index contributed by atoms with van der Waals surface area (Å²) in [4.78, 5) is 29.7. The van der Waals surface area contributed by atoms with Crippen LogP contribution in [0.25, 0.3) is 6.08 Å². The zero-order valence-electron chi connectivity index (χ0n) is 33.0. The van der Waals surface area contributed by atoms with Crippen LogP contribution < -0.4 is 15.3 Å². The summed E-state index contributed by atoms with van der Waals surface area (Å²) in [5, 5.41) is 35.7. The Morgan fingerprint density at radius 2 is 1.44 bits per heavy atom. The number of rotatable bonds is 13. The van der Waals surface area contributed by atoms with Gasteiger partial charge in [0, 0.05) is 5.92 Å². The number of aromatic hydroxyl groups is 1. The van der Waals surface area contributed by atoms with Gasteiger partial charge in [0.1, 0.15) is 5.75 Å². The smallest absolute Gasteiger partial charge is 0.261 e. The Morgan fingerprint density at radius 1 is 0.891 bits per heavy atom. The van der Waals surface area contributed by atoms with Crippen molar-refractivity contribution < 1.29 is 29.3 Å². The molecule has 3 N–H and O–H groups in total. The lowest BCUT2D eigenvalue weighted by atomic mass is 9.68. The SMILES string of the molecule is CC/C(=C\c1cc(C)c(O)c(C)c1)CC[C@@H](O)C1=C(CO[Si](c2ccccc2)(c2ccccc2)C(C)(C)C)C[C@H]2C(=O)N(c3ccccc3)C(=O)[C@H]2[C@H]1CO. The van der Waals surface area contributed by atoms with Crippen molar-refractivity contribution in [2.24, 2.45) is 17.8 Å². The topological polar surface area (TPSA) is 107 Å². The highest BCUT2D eigenvalue weighted by Gasteiger charge is 2.56. The first-order valence-corrected chi connectivity index (χ1v) is 21.4. The number of aliphatic hydroxyl groups is 2. The van der Waals surface area contributed by atoms with Gasteiger partial charge >= 0.3 is 0 Å². The van der Waals surface area contributed by atoms with E-state index in [9.17, 15) is 24.9 Å². The van der Waals surface area contributed by atoms with Crippen molar-refractivity contribution in [3.8, 4) is 5.75 Å². The first-order valence-electron chi connectivity index (χ1n) is 19.5. The monoisotopic (exact) mass is 757 g/mol. The highest BCUT2D eigenvalue weighted by Crippen LogP contribution is 2.48. The van der Waals surface area contributed by atoms with E-state index in [-0.39, 0.29) is 36.5 Å². The second-order valence-corrected chi connectivity index (χ2v) is 20.5. The third-order valence-corrected chi connectivity index (χ3v) is 16.7. The molecule has 1 saturated heterocycles. The van der Waals surface area contributed by atoms with Crippen LogP contribution in [0.2, 0.25) is 5.04 Å². The van der Waals surface area contributed by atoms with Gasteiger partial charge in [-0.15, -0.1) is 0 Å². The van der Waals surface area contributed by atoms with E-state index in [1.54, 1.807) is 24.3 Å². The number of benzene rings is 4. The maximum absolute atomic E-state index is 14.2. The van der Waals surface area contributed by atoms with Crippen molar-refractivity contribution in [1.82, 2.24) is 0 Å². The molecule has 0 bridgehead atoms. The van der Waals surface area contributed by atoms with Gasteiger partial charge in [-0.1, -0.05) is 118 Å². The molecule has 1 fully saturated rings. The Hall–Kier alpha value is -4.60. The number of aliphatic hydroxyl groups excluding tert-OH is 2. The summed E-state index contributed by atoms with van der Waals surface area (Å²) in [6, 6.07) is 33.6. The number of imide groups is 1. The fourth-order valence-electron chi connectivity index (χ4n) is 9.02. The van der Waals surface area contributed by atoms with Crippen LogP contribution in [0.15, 0.2) is 120 Å². The molecule has 0 unspecified atom stereocenters. The zero-order chi connectivity index (χ0) is 39.5. The lowest BCUT2D eigenvalue weighted by Gasteiger charge is -2.44. The number of para-hydroxylation sites is 1. The Bertz CT molecular complexity index is 1990. The lowest BCUT2D eigenvalue weighted by molar-refractivity contribution is -0.123. The quantitative estimate of drug-likeness (QED) is 0.0736. The van der Waals surface area contributed by atoms with Crippen molar-refractivity contribution >= 4 is 42.3 Å². The number of fused-ring (bicyclic) bond motifs is 1. The fraction of sp³-hybridized carbons (Fsp3) is 0.362. The fourth-order valence-corrected chi connectivity index (χ4v) is 13.6. The summed E-state index contributed by atoms with van der Waals surface area (Å²) >= 11 is 0. The number of amides is 2. The van der Waals surface area contributed by atoms with E-state index in [4.69, 9.17) is 4.43 Å². The molecule has 55 heavy (non-hydrogen) atoms. The maximum Gasteiger partial charge on any atom is 0.261 e. The average Bonchev–Trinajstić information content (AvgIpc) is 3.43. The number of anilines is 1. The summed E-state index contributed by atoms with van der Waals surface area (Å²) in [5.74, 6) is -2.58. The molecule has 8 heteroatoms. The van der Waals surface area contributed by atoms with Crippen LogP contribution in [0.5, 0.6) is 5.75 Å². The van der Waals surface area contributed by atoms with Gasteiger partial charge in [-0.25, -0.2) is 0 Å². The van der Waals surface area contributed by atoms with E-state index < -0.39 is 32.2 Å². The summed E-state index contributed by atoms with van der Waals surface area (Å²) in [6.07, 6.45) is 3.10. The lowest BCUT2D eigenvalue weighted by Crippen LogP contribution is -2.66. The molecule has 288 valence electrons. The standard InChI is InChI=1S/C47H55NO6Si/c1-7-33(27-34-25-31(2)44(51)32(3)26-34)23-24-41(50)42-35(28-39-43(40(42)29-49)46(53)48(45(39)52)36-17-11-8-12-18-36)30-54-55(47(4,5)6,37-19-13-9-14-20-37)38-21-15-10-16-22-38/h8-22,25-27,39-41,43,49-51H,7,23-24,28-30H2,1-6H3/b33-27+/t39-,40+,41-,43-/m1/s1. The van der Waals surface area contributed by atoms with Gasteiger partial charge in [-0.2, -0.15) is 0 Å². The molecule has 4 aromatic carbocycles. The molecule has 0 spiro atoms. The molecule has 0 saturated carbocycles. The van der Waals surface area contributed by atoms with E-state index in [1.165, 1.54) is 4.90 Å². The number of hydrogen-bond acceptors (Lipinski definition) is 6. The molecule has 6 rings (SSSR count). The minimum atomic E-state index is -3.03. The first kappa shape index (κ1) is 40.1. The predicted octanol–water partition coefficient (Wildman–Crippen LogP) is 7.63. The predicted molar refractivity (Wildman–Crippen MR) is 223 cm³/mol. The largest absolute Gasteiger partial charge is 0.507 e. The van der Waals surface area contributed by atoms with Crippen LogP contribution in [-0.4, -0.2) is 54.8 Å². The van der Waals surface area contributed by atoms with Gasteiger partial charge in [0.25, 0.3) is 8.32 Å². The van der Waals surface area contributed by atoms with Crippen LogP contribution in [0.4, 0.5) is 5.69 Å². The number of aryl methyl sites for hydroxylation is 2. The summed E-state index contributed by atoms with van der Waals surface area (Å²) in [7, 11) is -3.03. The van der Waals surface area contributed by atoms with Gasteiger partial charge in [0.05, 0.1) is 36.8 Å². The van der Waals surface area contributed by atoms with Gasteiger partial charge in [-0.05, 0) is 107 Å². The molecule has 4 aromatic rings. The van der Waals surface area contributed by atoms with Crippen molar-refractivity contribution in [1.29, 1.82) is 0 Å². The normalized spacial score (nSPS) is 19.9. The molecule has 2 amide bonds. The van der Waals surface area contributed by atoms with Gasteiger partial charge in [-0.3, -0.25) is 14.5 Å². The second-order valence-electron chi connectivity index (χ2n) is 16.2. The summed E-state index contributed by atoms with van der Waals surface area (Å²) in [6.45, 7) is 12.3. The van der Waals surface area contributed by atoms with E-state index in [0.29, 0.717) is 29.9 Å². The molecule has 1 heterocycles.